The number of nitrogens with zero attached hydrogens (tertiary/aromatic N) is 3. The largest absolute Gasteiger partial charge is 0.370 e. The van der Waals surface area contributed by atoms with Crippen molar-refractivity contribution in [3.8, 4) is 0 Å². The minimum Gasteiger partial charge on any atom is -0.370 e. The van der Waals surface area contributed by atoms with Gasteiger partial charge in [0.15, 0.2) is 5.96 Å². The Balaban J connectivity index is 0.00000220. The van der Waals surface area contributed by atoms with Gasteiger partial charge in [0, 0.05) is 39.3 Å². The summed E-state index contributed by atoms with van der Waals surface area (Å²) in [6, 6.07) is 5.29. The van der Waals surface area contributed by atoms with Crippen molar-refractivity contribution in [1.29, 1.82) is 0 Å². The second-order valence-corrected chi connectivity index (χ2v) is 5.70. The van der Waals surface area contributed by atoms with Gasteiger partial charge in [-0.1, -0.05) is 6.07 Å². The predicted molar refractivity (Wildman–Crippen MR) is 98.5 cm³/mol. The Morgan fingerprint density at radius 1 is 1.33 bits per heavy atom. The molecule has 0 saturated carbocycles. The molecule has 0 amide bonds. The van der Waals surface area contributed by atoms with Crippen molar-refractivity contribution < 1.29 is 4.39 Å². The highest BCUT2D eigenvalue weighted by Crippen LogP contribution is 2.18. The van der Waals surface area contributed by atoms with E-state index in [0.29, 0.717) is 17.0 Å². The van der Waals surface area contributed by atoms with E-state index in [1.165, 1.54) is 0 Å². The second kappa shape index (κ2) is 8.89. The van der Waals surface area contributed by atoms with Gasteiger partial charge in [-0.2, -0.15) is 0 Å². The van der Waals surface area contributed by atoms with Gasteiger partial charge in [0.2, 0.25) is 0 Å². The Kier molecular flexibility index (Phi) is 7.89. The van der Waals surface area contributed by atoms with E-state index in [0.717, 1.165) is 38.3 Å². The lowest BCUT2D eigenvalue weighted by Gasteiger charge is -2.35. The summed E-state index contributed by atoms with van der Waals surface area (Å²) in [5, 5.41) is 0. The van der Waals surface area contributed by atoms with Crippen molar-refractivity contribution in [3.05, 3.63) is 34.1 Å². The van der Waals surface area contributed by atoms with Gasteiger partial charge < -0.3 is 10.6 Å². The van der Waals surface area contributed by atoms with Crippen molar-refractivity contribution in [2.45, 2.75) is 13.5 Å². The summed E-state index contributed by atoms with van der Waals surface area (Å²) in [7, 11) is 0. The van der Waals surface area contributed by atoms with Crippen LogP contribution >= 0.6 is 39.9 Å². The van der Waals surface area contributed by atoms with Crippen LogP contribution in [-0.2, 0) is 6.54 Å². The summed E-state index contributed by atoms with van der Waals surface area (Å²) >= 11 is 3.17. The monoisotopic (exact) mass is 470 g/mol. The van der Waals surface area contributed by atoms with Crippen molar-refractivity contribution in [2.24, 2.45) is 10.7 Å². The van der Waals surface area contributed by atoms with E-state index in [9.17, 15) is 4.39 Å². The SMILES string of the molecule is CCN=C(N)N1CCN(Cc2ccc(Br)c(F)c2)CC1.I. The number of benzene rings is 1. The third-order valence-corrected chi connectivity index (χ3v) is 4.05. The van der Waals surface area contributed by atoms with Gasteiger partial charge in [-0.15, -0.1) is 24.0 Å². The number of rotatable bonds is 3. The molecule has 1 fully saturated rings. The van der Waals surface area contributed by atoms with Crippen LogP contribution in [0.3, 0.4) is 0 Å². The lowest BCUT2D eigenvalue weighted by Crippen LogP contribution is -2.50. The fraction of sp³-hybridized carbons (Fsp3) is 0.500. The molecule has 1 saturated heterocycles. The fourth-order valence-electron chi connectivity index (χ4n) is 2.29. The van der Waals surface area contributed by atoms with Crippen LogP contribution in [0, 0.1) is 5.82 Å². The normalized spacial score (nSPS) is 16.7. The molecule has 21 heavy (non-hydrogen) atoms. The lowest BCUT2D eigenvalue weighted by molar-refractivity contribution is 0.174. The summed E-state index contributed by atoms with van der Waals surface area (Å²) < 4.78 is 14.0. The fourth-order valence-corrected chi connectivity index (χ4v) is 2.54. The topological polar surface area (TPSA) is 44.9 Å². The highest BCUT2D eigenvalue weighted by Gasteiger charge is 2.18. The first kappa shape index (κ1) is 18.6. The Morgan fingerprint density at radius 3 is 2.57 bits per heavy atom. The Morgan fingerprint density at radius 2 is 2.00 bits per heavy atom. The third-order valence-electron chi connectivity index (χ3n) is 3.41. The van der Waals surface area contributed by atoms with E-state index >= 15 is 0 Å². The van der Waals surface area contributed by atoms with Crippen LogP contribution in [0.4, 0.5) is 4.39 Å². The molecular formula is C14H21BrFIN4. The highest BCUT2D eigenvalue weighted by atomic mass is 127. The number of hydrogen-bond acceptors (Lipinski definition) is 2. The quantitative estimate of drug-likeness (QED) is 0.419. The maximum Gasteiger partial charge on any atom is 0.191 e. The van der Waals surface area contributed by atoms with Crippen LogP contribution in [0.5, 0.6) is 0 Å². The van der Waals surface area contributed by atoms with E-state index in [2.05, 4.69) is 30.7 Å². The standard InChI is InChI=1S/C14H20BrFN4.HI/c1-2-18-14(17)20-7-5-19(6-8-20)10-11-3-4-12(15)13(16)9-11;/h3-4,9H,2,5-8,10H2,1H3,(H2,17,18);1H. The van der Waals surface area contributed by atoms with Crippen LogP contribution in [-0.4, -0.2) is 48.5 Å². The van der Waals surface area contributed by atoms with Crippen LogP contribution in [0.2, 0.25) is 0 Å². The minimum absolute atomic E-state index is 0. The van der Waals surface area contributed by atoms with E-state index in [1.54, 1.807) is 12.1 Å². The molecule has 1 aliphatic rings. The molecule has 0 aromatic heterocycles. The predicted octanol–water partition coefficient (Wildman–Crippen LogP) is 2.66. The van der Waals surface area contributed by atoms with Crippen molar-refractivity contribution in [2.75, 3.05) is 32.7 Å². The molecule has 0 atom stereocenters. The molecule has 118 valence electrons. The lowest BCUT2D eigenvalue weighted by atomic mass is 10.2. The minimum atomic E-state index is -0.208. The summed E-state index contributed by atoms with van der Waals surface area (Å²) in [6.07, 6.45) is 0. The van der Waals surface area contributed by atoms with Crippen LogP contribution in [0.15, 0.2) is 27.7 Å². The zero-order chi connectivity index (χ0) is 14.5. The smallest absolute Gasteiger partial charge is 0.191 e. The molecular weight excluding hydrogens is 450 g/mol. The zero-order valence-corrected chi connectivity index (χ0v) is 16.0. The molecule has 0 aliphatic carbocycles. The van der Waals surface area contributed by atoms with Gasteiger partial charge in [-0.05, 0) is 40.5 Å². The first-order valence-electron chi connectivity index (χ1n) is 6.81. The Bertz CT molecular complexity index is 490. The average molecular weight is 471 g/mol. The first-order chi connectivity index (χ1) is 9.60. The molecule has 4 nitrogen and oxygen atoms in total. The van der Waals surface area contributed by atoms with Gasteiger partial charge >= 0.3 is 0 Å². The molecule has 0 bridgehead atoms. The van der Waals surface area contributed by atoms with Gasteiger partial charge in [0.1, 0.15) is 5.82 Å². The number of halogens is 3. The summed E-state index contributed by atoms with van der Waals surface area (Å²) in [5.41, 5.74) is 6.89. The van der Waals surface area contributed by atoms with Gasteiger partial charge in [-0.25, -0.2) is 4.39 Å². The first-order valence-corrected chi connectivity index (χ1v) is 7.60. The molecule has 7 heteroatoms. The summed E-state index contributed by atoms with van der Waals surface area (Å²) in [5.74, 6) is 0.419. The van der Waals surface area contributed by atoms with Crippen LogP contribution in [0.25, 0.3) is 0 Å². The molecule has 1 aliphatic heterocycles. The molecule has 2 N–H and O–H groups in total. The molecule has 0 unspecified atom stereocenters. The van der Waals surface area contributed by atoms with Crippen LogP contribution < -0.4 is 5.73 Å². The van der Waals surface area contributed by atoms with Gasteiger partial charge in [0.05, 0.1) is 4.47 Å². The van der Waals surface area contributed by atoms with E-state index in [4.69, 9.17) is 5.73 Å². The maximum absolute atomic E-state index is 13.5. The second-order valence-electron chi connectivity index (χ2n) is 4.84. The van der Waals surface area contributed by atoms with Crippen molar-refractivity contribution in [1.82, 2.24) is 9.80 Å². The van der Waals surface area contributed by atoms with Gasteiger partial charge in [0.25, 0.3) is 0 Å². The molecule has 0 spiro atoms. The van der Waals surface area contributed by atoms with Crippen molar-refractivity contribution >= 4 is 45.9 Å². The van der Waals surface area contributed by atoms with Gasteiger partial charge in [-0.3, -0.25) is 9.89 Å². The number of aliphatic imine (C=N–C) groups is 1. The molecule has 1 aromatic rings. The summed E-state index contributed by atoms with van der Waals surface area (Å²) in [4.78, 5) is 8.63. The zero-order valence-electron chi connectivity index (χ0n) is 12.1. The molecule has 1 heterocycles. The average Bonchev–Trinajstić information content (AvgIpc) is 2.44. The number of hydrogen-bond donors (Lipinski definition) is 1. The maximum atomic E-state index is 13.5. The Labute approximate surface area is 150 Å². The number of piperazine rings is 1. The number of guanidine groups is 1. The van der Waals surface area contributed by atoms with Crippen molar-refractivity contribution in [3.63, 3.8) is 0 Å². The summed E-state index contributed by atoms with van der Waals surface area (Å²) in [6.45, 7) is 7.02. The molecule has 0 radical (unpaired) electrons. The molecule has 2 rings (SSSR count). The van der Waals surface area contributed by atoms with E-state index in [-0.39, 0.29) is 29.8 Å². The molecule has 1 aromatic carbocycles. The highest BCUT2D eigenvalue weighted by molar-refractivity contribution is 14.0. The number of nitrogens with two attached hydrogens (primary N) is 1. The Hall–Kier alpha value is -0.410. The third kappa shape index (κ3) is 5.37. The van der Waals surface area contributed by atoms with E-state index in [1.807, 2.05) is 13.0 Å². The van der Waals surface area contributed by atoms with Crippen LogP contribution in [0.1, 0.15) is 12.5 Å². The van der Waals surface area contributed by atoms with E-state index < -0.39 is 0 Å².